The Bertz CT molecular complexity index is 1680. The standard InChI is InChI=1S/C39H43N3O6S/c1-5-23-40(27-15-19-30(20-16-27)48-7-3)36(44)33-32-21-22-39(49-32)34(33)37(45)42(31(25-43)26-11-9-8-10-12-26)35(39)38(46)41(24-6-2)28-13-17-29(47-4)18-14-28/h5-6,8-20,31-35,43H,1-2,7,21-25H2,3-4H3/t31-,32+,33-,34+,35?,39?/m1/s1. The molecule has 6 atom stereocenters. The lowest BCUT2D eigenvalue weighted by atomic mass is 9.70. The molecule has 3 aliphatic heterocycles. The van der Waals surface area contributed by atoms with Crippen LogP contribution in [0, 0.1) is 11.8 Å². The third kappa shape index (κ3) is 6.01. The van der Waals surface area contributed by atoms with E-state index in [-0.39, 0.29) is 42.7 Å². The lowest BCUT2D eigenvalue weighted by Crippen LogP contribution is -2.56. The summed E-state index contributed by atoms with van der Waals surface area (Å²) in [7, 11) is 1.58. The Morgan fingerprint density at radius 1 is 0.959 bits per heavy atom. The number of likely N-dealkylation sites (tertiary alicyclic amines) is 1. The van der Waals surface area contributed by atoms with Crippen molar-refractivity contribution >= 4 is 40.9 Å². The van der Waals surface area contributed by atoms with Crippen molar-refractivity contribution in [1.82, 2.24) is 4.90 Å². The molecular weight excluding hydrogens is 639 g/mol. The van der Waals surface area contributed by atoms with Crippen LogP contribution in [0.2, 0.25) is 0 Å². The van der Waals surface area contributed by atoms with Gasteiger partial charge in [-0.3, -0.25) is 14.4 Å². The summed E-state index contributed by atoms with van der Waals surface area (Å²) >= 11 is 1.60. The van der Waals surface area contributed by atoms with Gasteiger partial charge in [-0.15, -0.1) is 24.9 Å². The number of carbonyl (C=O) groups excluding carboxylic acids is 3. The zero-order valence-corrected chi connectivity index (χ0v) is 28.8. The average Bonchev–Trinajstić information content (AvgIpc) is 3.78. The molecule has 3 aromatic carbocycles. The summed E-state index contributed by atoms with van der Waals surface area (Å²) in [6.45, 7) is 10.4. The number of thioether (sulfide) groups is 1. The quantitative estimate of drug-likeness (QED) is 0.220. The van der Waals surface area contributed by atoms with Crippen LogP contribution in [0.4, 0.5) is 11.4 Å². The minimum absolute atomic E-state index is 0.146. The first kappa shape index (κ1) is 34.3. The predicted molar refractivity (Wildman–Crippen MR) is 193 cm³/mol. The number of aliphatic hydroxyl groups is 1. The predicted octanol–water partition coefficient (Wildman–Crippen LogP) is 5.66. The maximum Gasteiger partial charge on any atom is 0.251 e. The van der Waals surface area contributed by atoms with Gasteiger partial charge in [-0.25, -0.2) is 0 Å². The first-order valence-corrected chi connectivity index (χ1v) is 17.6. The topological polar surface area (TPSA) is 99.6 Å². The molecule has 3 amide bonds. The molecule has 6 rings (SSSR count). The van der Waals surface area contributed by atoms with Gasteiger partial charge >= 0.3 is 0 Å². The van der Waals surface area contributed by atoms with Crippen LogP contribution in [0.3, 0.4) is 0 Å². The number of hydrogen-bond acceptors (Lipinski definition) is 7. The van der Waals surface area contributed by atoms with Gasteiger partial charge in [-0.2, -0.15) is 0 Å². The molecule has 1 N–H and O–H groups in total. The monoisotopic (exact) mass is 681 g/mol. The van der Waals surface area contributed by atoms with Gasteiger partial charge in [0.25, 0.3) is 5.91 Å². The highest BCUT2D eigenvalue weighted by Gasteiger charge is 2.74. The smallest absolute Gasteiger partial charge is 0.251 e. The van der Waals surface area contributed by atoms with Crippen LogP contribution in [0.25, 0.3) is 0 Å². The van der Waals surface area contributed by atoms with Crippen molar-refractivity contribution in [2.45, 2.75) is 41.8 Å². The zero-order chi connectivity index (χ0) is 34.7. The Kier molecular flexibility index (Phi) is 10.2. The molecule has 3 saturated heterocycles. The SMILES string of the molecule is C=CCN(C(=O)C1N([C@H](CO)c2ccccc2)C(=O)[C@@H]2[C@H](C(=O)N(CC=C)c3ccc(OCC)cc3)[C@@H]3CCC12S3)c1ccc(OC)cc1. The van der Waals surface area contributed by atoms with Gasteiger partial charge in [0.1, 0.15) is 17.5 Å². The second-order valence-corrected chi connectivity index (χ2v) is 14.1. The summed E-state index contributed by atoms with van der Waals surface area (Å²) in [6.07, 6.45) is 4.62. The number of rotatable bonds is 14. The van der Waals surface area contributed by atoms with Gasteiger partial charge in [0.15, 0.2) is 0 Å². The summed E-state index contributed by atoms with van der Waals surface area (Å²) in [4.78, 5) is 49.7. The van der Waals surface area contributed by atoms with Crippen molar-refractivity contribution in [2.75, 3.05) is 43.2 Å². The van der Waals surface area contributed by atoms with E-state index in [1.807, 2.05) is 73.7 Å². The number of benzene rings is 3. The van der Waals surface area contributed by atoms with Crippen LogP contribution in [-0.4, -0.2) is 77.2 Å². The van der Waals surface area contributed by atoms with Gasteiger partial charge in [-0.05, 0) is 73.9 Å². The molecule has 2 bridgehead atoms. The number of methoxy groups -OCH3 is 1. The number of hydrogen-bond donors (Lipinski definition) is 1. The summed E-state index contributed by atoms with van der Waals surface area (Å²) in [5.74, 6) is -0.800. The molecule has 0 aromatic heterocycles. The van der Waals surface area contributed by atoms with Crippen LogP contribution in [0.1, 0.15) is 31.4 Å². The van der Waals surface area contributed by atoms with Crippen LogP contribution in [0.5, 0.6) is 11.5 Å². The van der Waals surface area contributed by atoms with Crippen molar-refractivity contribution in [3.05, 3.63) is 110 Å². The van der Waals surface area contributed by atoms with Crippen molar-refractivity contribution in [1.29, 1.82) is 0 Å². The number of aliphatic hydroxyl groups excluding tert-OH is 1. The van der Waals surface area contributed by atoms with Crippen LogP contribution in [0.15, 0.2) is 104 Å². The fourth-order valence-electron chi connectivity index (χ4n) is 7.90. The molecule has 9 nitrogen and oxygen atoms in total. The maximum atomic E-state index is 15.1. The molecule has 10 heteroatoms. The van der Waals surface area contributed by atoms with E-state index in [0.717, 1.165) is 5.56 Å². The Balaban J connectivity index is 1.44. The van der Waals surface area contributed by atoms with Crippen molar-refractivity contribution in [2.24, 2.45) is 11.8 Å². The highest BCUT2D eigenvalue weighted by Crippen LogP contribution is 2.67. The lowest BCUT2D eigenvalue weighted by molar-refractivity contribution is -0.142. The second-order valence-electron chi connectivity index (χ2n) is 12.5. The summed E-state index contributed by atoms with van der Waals surface area (Å²) < 4.78 is 10.1. The third-order valence-corrected chi connectivity index (χ3v) is 11.9. The molecule has 2 unspecified atom stereocenters. The van der Waals surface area contributed by atoms with Gasteiger partial charge in [0, 0.05) is 29.7 Å². The fraction of sp³-hybridized carbons (Fsp3) is 0.359. The van der Waals surface area contributed by atoms with Crippen molar-refractivity contribution in [3.63, 3.8) is 0 Å². The van der Waals surface area contributed by atoms with E-state index < -0.39 is 28.7 Å². The Morgan fingerprint density at radius 3 is 2.10 bits per heavy atom. The number of carbonyl (C=O) groups is 3. The highest BCUT2D eigenvalue weighted by atomic mass is 32.2. The molecule has 1 spiro atoms. The van der Waals surface area contributed by atoms with Crippen LogP contribution in [-0.2, 0) is 14.4 Å². The number of ether oxygens (including phenoxy) is 2. The molecule has 0 saturated carbocycles. The second kappa shape index (κ2) is 14.5. The molecule has 49 heavy (non-hydrogen) atoms. The Morgan fingerprint density at radius 2 is 1.55 bits per heavy atom. The number of amides is 3. The summed E-state index contributed by atoms with van der Waals surface area (Å²) in [5, 5.41) is 10.7. The van der Waals surface area contributed by atoms with E-state index in [1.54, 1.807) is 57.9 Å². The van der Waals surface area contributed by atoms with E-state index in [4.69, 9.17) is 9.47 Å². The van der Waals surface area contributed by atoms with Crippen LogP contribution >= 0.6 is 11.8 Å². The van der Waals surface area contributed by atoms with Gasteiger partial charge in [0.2, 0.25) is 11.8 Å². The highest BCUT2D eigenvalue weighted by molar-refractivity contribution is 8.02. The van der Waals surface area contributed by atoms with Crippen molar-refractivity contribution in [3.8, 4) is 11.5 Å². The van der Waals surface area contributed by atoms with E-state index in [9.17, 15) is 14.7 Å². The average molecular weight is 682 g/mol. The summed E-state index contributed by atoms with van der Waals surface area (Å²) in [6, 6.07) is 22.1. The van der Waals surface area contributed by atoms with Crippen molar-refractivity contribution < 1.29 is 29.0 Å². The largest absolute Gasteiger partial charge is 0.497 e. The Hall–Kier alpha value is -4.54. The minimum atomic E-state index is -0.935. The fourth-order valence-corrected chi connectivity index (χ4v) is 10.1. The molecule has 256 valence electrons. The van der Waals surface area contributed by atoms with Gasteiger partial charge in [0.05, 0.1) is 42.9 Å². The van der Waals surface area contributed by atoms with Crippen LogP contribution < -0.4 is 19.3 Å². The van der Waals surface area contributed by atoms with E-state index >= 15 is 4.79 Å². The summed E-state index contributed by atoms with van der Waals surface area (Å²) in [5.41, 5.74) is 2.03. The van der Waals surface area contributed by atoms with E-state index in [2.05, 4.69) is 13.2 Å². The molecule has 3 aromatic rings. The molecule has 0 radical (unpaired) electrons. The molecular formula is C39H43N3O6S. The third-order valence-electron chi connectivity index (χ3n) is 9.95. The van der Waals surface area contributed by atoms with E-state index in [0.29, 0.717) is 42.3 Å². The minimum Gasteiger partial charge on any atom is -0.497 e. The number of anilines is 2. The molecule has 3 fully saturated rings. The number of nitrogens with zero attached hydrogens (tertiary/aromatic N) is 3. The van der Waals surface area contributed by atoms with E-state index in [1.165, 1.54) is 0 Å². The molecule has 3 heterocycles. The maximum absolute atomic E-state index is 15.1. The normalized spacial score (nSPS) is 24.2. The first-order valence-electron chi connectivity index (χ1n) is 16.7. The number of fused-ring (bicyclic) bond motifs is 1. The molecule has 0 aliphatic carbocycles. The van der Waals surface area contributed by atoms with Gasteiger partial charge < -0.3 is 29.3 Å². The Labute approximate surface area is 292 Å². The zero-order valence-electron chi connectivity index (χ0n) is 27.9. The van der Waals surface area contributed by atoms with Gasteiger partial charge in [-0.1, -0.05) is 42.5 Å². The lowest BCUT2D eigenvalue weighted by Gasteiger charge is -2.39. The molecule has 3 aliphatic rings. The first-order chi connectivity index (χ1) is 23.8.